The lowest BCUT2D eigenvalue weighted by Crippen LogP contribution is -2.47. The molecule has 0 amide bonds. The number of carbonyl (C=O) groups is 1. The van der Waals surface area contributed by atoms with E-state index in [1.807, 2.05) is 0 Å². The second-order valence-electron chi connectivity index (χ2n) is 5.06. The third-order valence-electron chi connectivity index (χ3n) is 3.74. The average molecular weight is 266 g/mol. The fraction of sp³-hybridized carbons (Fsp3) is 0.643. The molecule has 1 saturated heterocycles. The van der Waals surface area contributed by atoms with Crippen LogP contribution in [0, 0.1) is 0 Å². The average Bonchev–Trinajstić information content (AvgIpc) is 2.89. The summed E-state index contributed by atoms with van der Waals surface area (Å²) in [5.74, 6) is -0.251. The van der Waals surface area contributed by atoms with E-state index >= 15 is 0 Å². The van der Waals surface area contributed by atoms with Crippen molar-refractivity contribution in [2.24, 2.45) is 0 Å². The fourth-order valence-electron chi connectivity index (χ4n) is 2.56. The Morgan fingerprint density at radius 2 is 2.05 bits per heavy atom. The van der Waals surface area contributed by atoms with E-state index in [-0.39, 0.29) is 11.8 Å². The van der Waals surface area contributed by atoms with Crippen molar-refractivity contribution in [2.75, 3.05) is 32.7 Å². The van der Waals surface area contributed by atoms with Crippen LogP contribution in [0.2, 0.25) is 0 Å². The molecule has 0 spiro atoms. The lowest BCUT2D eigenvalue weighted by molar-refractivity contribution is 0.0647. The van der Waals surface area contributed by atoms with Gasteiger partial charge in [0.1, 0.15) is 5.76 Å². The number of rotatable bonds is 5. The quantitative estimate of drug-likeness (QED) is 0.884. The molecule has 1 aliphatic rings. The number of piperazine rings is 1. The first-order chi connectivity index (χ1) is 9.11. The van der Waals surface area contributed by atoms with Crippen molar-refractivity contribution in [3.63, 3.8) is 0 Å². The monoisotopic (exact) mass is 266 g/mol. The Morgan fingerprint density at radius 3 is 2.58 bits per heavy atom. The van der Waals surface area contributed by atoms with Crippen LogP contribution in [0.1, 0.15) is 42.6 Å². The largest absolute Gasteiger partial charge is 0.475 e. The van der Waals surface area contributed by atoms with Gasteiger partial charge in [-0.2, -0.15) is 0 Å². The van der Waals surface area contributed by atoms with Crippen LogP contribution >= 0.6 is 0 Å². The van der Waals surface area contributed by atoms with Gasteiger partial charge in [-0.3, -0.25) is 4.90 Å². The first-order valence-electron chi connectivity index (χ1n) is 6.91. The molecule has 5 nitrogen and oxygen atoms in total. The molecule has 0 radical (unpaired) electrons. The number of carboxylic acids is 1. The lowest BCUT2D eigenvalue weighted by atomic mass is 10.2. The van der Waals surface area contributed by atoms with Crippen LogP contribution in [0.4, 0.5) is 0 Å². The maximum atomic E-state index is 10.8. The van der Waals surface area contributed by atoms with Crippen molar-refractivity contribution in [3.05, 3.63) is 23.7 Å². The maximum absolute atomic E-state index is 10.8. The molecule has 1 aliphatic heterocycles. The summed E-state index contributed by atoms with van der Waals surface area (Å²) >= 11 is 0. The molecule has 106 valence electrons. The normalized spacial score (nSPS) is 19.5. The Balaban J connectivity index is 1.93. The Bertz CT molecular complexity index is 422. The minimum atomic E-state index is -1.01. The van der Waals surface area contributed by atoms with Gasteiger partial charge in [0.15, 0.2) is 0 Å². The summed E-state index contributed by atoms with van der Waals surface area (Å²) in [7, 11) is 0. The van der Waals surface area contributed by atoms with Crippen molar-refractivity contribution < 1.29 is 14.3 Å². The van der Waals surface area contributed by atoms with E-state index in [9.17, 15) is 4.79 Å². The Morgan fingerprint density at radius 1 is 1.37 bits per heavy atom. The first kappa shape index (κ1) is 14.1. The lowest BCUT2D eigenvalue weighted by Gasteiger charge is -2.37. The fourth-order valence-corrected chi connectivity index (χ4v) is 2.56. The van der Waals surface area contributed by atoms with E-state index < -0.39 is 5.97 Å². The molecule has 1 aromatic heterocycles. The summed E-state index contributed by atoms with van der Waals surface area (Å²) in [5.41, 5.74) is 0. The van der Waals surface area contributed by atoms with Crippen molar-refractivity contribution in [1.29, 1.82) is 0 Å². The molecule has 0 bridgehead atoms. The third kappa shape index (κ3) is 3.36. The van der Waals surface area contributed by atoms with Crippen LogP contribution in [-0.4, -0.2) is 53.6 Å². The molecule has 0 aromatic carbocycles. The number of carboxylic acid groups (broad SMARTS) is 1. The molecule has 0 aliphatic carbocycles. The molecular formula is C14H22N2O3. The van der Waals surface area contributed by atoms with Gasteiger partial charge in [-0.1, -0.05) is 6.92 Å². The molecular weight excluding hydrogens is 244 g/mol. The van der Waals surface area contributed by atoms with E-state index in [4.69, 9.17) is 9.52 Å². The summed E-state index contributed by atoms with van der Waals surface area (Å²) in [6, 6.07) is 3.44. The van der Waals surface area contributed by atoms with E-state index in [2.05, 4.69) is 23.6 Å². The summed E-state index contributed by atoms with van der Waals surface area (Å²) < 4.78 is 5.38. The third-order valence-corrected chi connectivity index (χ3v) is 3.74. The van der Waals surface area contributed by atoms with E-state index in [1.54, 1.807) is 6.07 Å². The van der Waals surface area contributed by atoms with E-state index in [1.165, 1.54) is 12.5 Å². The van der Waals surface area contributed by atoms with E-state index in [0.29, 0.717) is 0 Å². The van der Waals surface area contributed by atoms with Crippen LogP contribution in [0.25, 0.3) is 0 Å². The maximum Gasteiger partial charge on any atom is 0.371 e. The zero-order chi connectivity index (χ0) is 13.8. The Hall–Kier alpha value is -1.33. The summed E-state index contributed by atoms with van der Waals surface area (Å²) in [4.78, 5) is 15.6. The van der Waals surface area contributed by atoms with Gasteiger partial charge >= 0.3 is 5.97 Å². The summed E-state index contributed by atoms with van der Waals surface area (Å²) in [6.45, 7) is 9.58. The second kappa shape index (κ2) is 6.21. The first-order valence-corrected chi connectivity index (χ1v) is 6.91. The van der Waals surface area contributed by atoms with Gasteiger partial charge in [0.05, 0.1) is 6.04 Å². The standard InChI is InChI=1S/C14H22N2O3/c1-3-6-15-7-9-16(10-8-15)11(2)12-4-5-13(19-12)14(17)18/h4-5,11H,3,6-10H2,1-2H3,(H,17,18). The van der Waals surface area contributed by atoms with Crippen LogP contribution in [0.5, 0.6) is 0 Å². The van der Waals surface area contributed by atoms with Crippen LogP contribution in [0.15, 0.2) is 16.5 Å². The van der Waals surface area contributed by atoms with Crippen molar-refractivity contribution in [3.8, 4) is 0 Å². The Kier molecular flexibility index (Phi) is 4.61. The molecule has 1 fully saturated rings. The second-order valence-corrected chi connectivity index (χ2v) is 5.06. The highest BCUT2D eigenvalue weighted by atomic mass is 16.4. The highest BCUT2D eigenvalue weighted by molar-refractivity contribution is 5.84. The van der Waals surface area contributed by atoms with Gasteiger partial charge in [0.2, 0.25) is 5.76 Å². The number of hydrogen-bond donors (Lipinski definition) is 1. The van der Waals surface area contributed by atoms with Gasteiger partial charge in [0, 0.05) is 26.2 Å². The number of aromatic carboxylic acids is 1. The molecule has 19 heavy (non-hydrogen) atoms. The Labute approximate surface area is 113 Å². The van der Waals surface area contributed by atoms with Crippen molar-refractivity contribution >= 4 is 5.97 Å². The summed E-state index contributed by atoms with van der Waals surface area (Å²) in [6.07, 6.45) is 1.19. The SMILES string of the molecule is CCCN1CCN(C(C)c2ccc(C(=O)O)o2)CC1. The number of furan rings is 1. The summed E-state index contributed by atoms with van der Waals surface area (Å²) in [5, 5.41) is 8.87. The van der Waals surface area contributed by atoms with Gasteiger partial charge in [-0.15, -0.1) is 0 Å². The molecule has 0 saturated carbocycles. The van der Waals surface area contributed by atoms with Crippen LogP contribution < -0.4 is 0 Å². The predicted molar refractivity (Wildman–Crippen MR) is 72.4 cm³/mol. The van der Waals surface area contributed by atoms with Crippen LogP contribution in [-0.2, 0) is 0 Å². The number of hydrogen-bond acceptors (Lipinski definition) is 4. The highest BCUT2D eigenvalue weighted by Crippen LogP contribution is 2.23. The zero-order valence-electron chi connectivity index (χ0n) is 11.6. The number of nitrogens with zero attached hydrogens (tertiary/aromatic N) is 2. The zero-order valence-corrected chi connectivity index (χ0v) is 11.6. The molecule has 2 heterocycles. The topological polar surface area (TPSA) is 56.9 Å². The van der Waals surface area contributed by atoms with Gasteiger partial charge in [-0.05, 0) is 32.0 Å². The molecule has 1 aromatic rings. The smallest absolute Gasteiger partial charge is 0.371 e. The van der Waals surface area contributed by atoms with Crippen molar-refractivity contribution in [1.82, 2.24) is 9.80 Å². The minimum Gasteiger partial charge on any atom is -0.475 e. The van der Waals surface area contributed by atoms with Crippen LogP contribution in [0.3, 0.4) is 0 Å². The molecule has 1 atom stereocenters. The van der Waals surface area contributed by atoms with Gasteiger partial charge in [-0.25, -0.2) is 4.79 Å². The minimum absolute atomic E-state index is 0.0199. The van der Waals surface area contributed by atoms with Gasteiger partial charge in [0.25, 0.3) is 0 Å². The van der Waals surface area contributed by atoms with Crippen molar-refractivity contribution in [2.45, 2.75) is 26.3 Å². The molecule has 5 heteroatoms. The van der Waals surface area contributed by atoms with Gasteiger partial charge < -0.3 is 14.4 Å². The molecule has 1 unspecified atom stereocenters. The highest BCUT2D eigenvalue weighted by Gasteiger charge is 2.24. The molecule has 2 rings (SSSR count). The molecule has 1 N–H and O–H groups in total. The predicted octanol–water partition coefficient (Wildman–Crippen LogP) is 2.07. The van der Waals surface area contributed by atoms with E-state index in [0.717, 1.165) is 38.5 Å².